The summed E-state index contributed by atoms with van der Waals surface area (Å²) in [6.45, 7) is 4.75. The highest BCUT2D eigenvalue weighted by Gasteiger charge is 2.27. The molecule has 1 aromatic heterocycles. The number of aromatic nitrogens is 2. The predicted molar refractivity (Wildman–Crippen MR) is 91.7 cm³/mol. The van der Waals surface area contributed by atoms with Crippen LogP contribution < -0.4 is 5.56 Å². The first-order chi connectivity index (χ1) is 11.5. The van der Waals surface area contributed by atoms with Gasteiger partial charge in [-0.1, -0.05) is 18.2 Å². The Morgan fingerprint density at radius 2 is 2.08 bits per heavy atom. The van der Waals surface area contributed by atoms with Crippen molar-refractivity contribution < 1.29 is 9.90 Å². The maximum Gasteiger partial charge on any atom is 0.275 e. The monoisotopic (exact) mass is 329 g/mol. The number of nitrogens with zero attached hydrogens (tertiary/aromatic N) is 3. The Morgan fingerprint density at radius 3 is 2.79 bits per heavy atom. The molecular weight excluding hydrogens is 306 g/mol. The predicted octanol–water partition coefficient (Wildman–Crippen LogP) is 1.32. The Labute approximate surface area is 140 Å². The van der Waals surface area contributed by atoms with Crippen LogP contribution in [0.25, 0.3) is 10.8 Å². The molecule has 0 saturated carbocycles. The lowest BCUT2D eigenvalue weighted by Crippen LogP contribution is -2.45. The van der Waals surface area contributed by atoms with Crippen molar-refractivity contribution in [3.63, 3.8) is 0 Å². The lowest BCUT2D eigenvalue weighted by Gasteiger charge is -2.34. The molecule has 2 unspecified atom stereocenters. The van der Waals surface area contributed by atoms with E-state index in [1.165, 1.54) is 4.68 Å². The van der Waals surface area contributed by atoms with Crippen LogP contribution >= 0.6 is 0 Å². The van der Waals surface area contributed by atoms with Crippen LogP contribution in [0.15, 0.2) is 29.1 Å². The van der Waals surface area contributed by atoms with Crippen LogP contribution in [0.3, 0.4) is 0 Å². The molecule has 2 heterocycles. The average Bonchev–Trinajstić information content (AvgIpc) is 2.59. The quantitative estimate of drug-likeness (QED) is 0.922. The average molecular weight is 329 g/mol. The molecule has 6 heteroatoms. The van der Waals surface area contributed by atoms with Gasteiger partial charge in [-0.3, -0.25) is 9.59 Å². The Bertz CT molecular complexity index is 813. The number of piperidine rings is 1. The van der Waals surface area contributed by atoms with Gasteiger partial charge >= 0.3 is 0 Å². The normalized spacial score (nSPS) is 19.5. The first-order valence-corrected chi connectivity index (χ1v) is 8.39. The fourth-order valence-electron chi connectivity index (χ4n) is 3.37. The fourth-order valence-corrected chi connectivity index (χ4v) is 3.37. The molecule has 1 aliphatic rings. The standard InChI is InChI=1S/C18H23N3O3/c1-12-15-7-3-4-8-16(15)18(24)21(19-12)11-17(23)20-9-5-6-14(10-20)13(2)22/h3-4,7-8,13-14,22H,5-6,9-11H2,1-2H3. The van der Waals surface area contributed by atoms with E-state index in [2.05, 4.69) is 5.10 Å². The Morgan fingerprint density at radius 1 is 1.38 bits per heavy atom. The molecule has 1 saturated heterocycles. The van der Waals surface area contributed by atoms with E-state index in [1.807, 2.05) is 25.1 Å². The van der Waals surface area contributed by atoms with E-state index in [-0.39, 0.29) is 23.9 Å². The van der Waals surface area contributed by atoms with Gasteiger partial charge in [-0.2, -0.15) is 5.10 Å². The third kappa shape index (κ3) is 3.19. The largest absolute Gasteiger partial charge is 0.393 e. The molecule has 24 heavy (non-hydrogen) atoms. The minimum Gasteiger partial charge on any atom is -0.393 e. The van der Waals surface area contributed by atoms with Gasteiger partial charge < -0.3 is 10.0 Å². The highest BCUT2D eigenvalue weighted by Crippen LogP contribution is 2.20. The second-order valence-corrected chi connectivity index (χ2v) is 6.58. The van der Waals surface area contributed by atoms with Gasteiger partial charge in [0, 0.05) is 24.4 Å². The van der Waals surface area contributed by atoms with Crippen molar-refractivity contribution in [2.75, 3.05) is 13.1 Å². The van der Waals surface area contributed by atoms with Crippen LogP contribution in [0.1, 0.15) is 25.5 Å². The van der Waals surface area contributed by atoms with E-state index in [1.54, 1.807) is 17.9 Å². The van der Waals surface area contributed by atoms with Gasteiger partial charge in [-0.15, -0.1) is 0 Å². The number of benzene rings is 1. The van der Waals surface area contributed by atoms with Crippen molar-refractivity contribution in [2.45, 2.75) is 39.3 Å². The number of aliphatic hydroxyl groups is 1. The summed E-state index contributed by atoms with van der Waals surface area (Å²) < 4.78 is 1.26. The molecule has 1 aliphatic heterocycles. The molecule has 0 spiro atoms. The SMILES string of the molecule is Cc1nn(CC(=O)N2CCCC(C(C)O)C2)c(=O)c2ccccc12. The molecule has 1 aromatic carbocycles. The topological polar surface area (TPSA) is 75.4 Å². The first kappa shape index (κ1) is 16.6. The maximum absolute atomic E-state index is 12.6. The molecule has 128 valence electrons. The second-order valence-electron chi connectivity index (χ2n) is 6.58. The van der Waals surface area contributed by atoms with E-state index in [4.69, 9.17) is 0 Å². The molecule has 0 radical (unpaired) electrons. The number of fused-ring (bicyclic) bond motifs is 1. The number of hydrogen-bond donors (Lipinski definition) is 1. The van der Waals surface area contributed by atoms with Crippen molar-refractivity contribution >= 4 is 16.7 Å². The van der Waals surface area contributed by atoms with Crippen molar-refractivity contribution in [3.8, 4) is 0 Å². The van der Waals surface area contributed by atoms with Crippen LogP contribution in [0, 0.1) is 12.8 Å². The maximum atomic E-state index is 12.6. The molecule has 3 rings (SSSR count). The molecule has 2 atom stereocenters. The summed E-state index contributed by atoms with van der Waals surface area (Å²) in [4.78, 5) is 26.9. The molecule has 6 nitrogen and oxygen atoms in total. The van der Waals surface area contributed by atoms with E-state index in [0.717, 1.165) is 23.9 Å². The van der Waals surface area contributed by atoms with Crippen LogP contribution in [0.2, 0.25) is 0 Å². The van der Waals surface area contributed by atoms with E-state index in [0.29, 0.717) is 18.5 Å². The molecule has 0 aliphatic carbocycles. The first-order valence-electron chi connectivity index (χ1n) is 8.39. The number of rotatable bonds is 3. The van der Waals surface area contributed by atoms with Crippen LogP contribution in [0.4, 0.5) is 0 Å². The zero-order valence-electron chi connectivity index (χ0n) is 14.1. The summed E-state index contributed by atoms with van der Waals surface area (Å²) in [7, 11) is 0. The highest BCUT2D eigenvalue weighted by atomic mass is 16.3. The van der Waals surface area contributed by atoms with Gasteiger partial charge in [-0.25, -0.2) is 4.68 Å². The van der Waals surface area contributed by atoms with Crippen molar-refractivity contribution in [1.82, 2.24) is 14.7 Å². The van der Waals surface area contributed by atoms with Gasteiger partial charge in [0.15, 0.2) is 0 Å². The van der Waals surface area contributed by atoms with Crippen LogP contribution in [-0.4, -0.2) is 44.9 Å². The smallest absolute Gasteiger partial charge is 0.275 e. The van der Waals surface area contributed by atoms with E-state index >= 15 is 0 Å². The highest BCUT2D eigenvalue weighted by molar-refractivity contribution is 5.83. The Balaban J connectivity index is 1.83. The number of aliphatic hydroxyl groups excluding tert-OH is 1. The van der Waals surface area contributed by atoms with Gasteiger partial charge in [0.1, 0.15) is 6.54 Å². The zero-order valence-corrected chi connectivity index (χ0v) is 14.1. The van der Waals surface area contributed by atoms with Crippen LogP contribution in [0.5, 0.6) is 0 Å². The van der Waals surface area contributed by atoms with Crippen molar-refractivity contribution in [1.29, 1.82) is 0 Å². The summed E-state index contributed by atoms with van der Waals surface area (Å²) in [5.41, 5.74) is 0.493. The zero-order chi connectivity index (χ0) is 17.3. The van der Waals surface area contributed by atoms with Gasteiger partial charge in [0.05, 0.1) is 17.2 Å². The Hall–Kier alpha value is -2.21. The number of hydrogen-bond acceptors (Lipinski definition) is 4. The summed E-state index contributed by atoms with van der Waals surface area (Å²) in [6, 6.07) is 7.31. The van der Waals surface area contributed by atoms with E-state index < -0.39 is 6.10 Å². The number of carbonyl (C=O) groups is 1. The fraction of sp³-hybridized carbons (Fsp3) is 0.500. The molecule has 2 aromatic rings. The van der Waals surface area contributed by atoms with Crippen molar-refractivity contribution in [3.05, 3.63) is 40.3 Å². The second kappa shape index (κ2) is 6.73. The van der Waals surface area contributed by atoms with Crippen LogP contribution in [-0.2, 0) is 11.3 Å². The van der Waals surface area contributed by atoms with Gasteiger partial charge in [0.25, 0.3) is 5.56 Å². The number of aryl methyl sites for hydroxylation is 1. The minimum atomic E-state index is -0.427. The summed E-state index contributed by atoms with van der Waals surface area (Å²) >= 11 is 0. The summed E-state index contributed by atoms with van der Waals surface area (Å²) in [6.07, 6.45) is 1.37. The summed E-state index contributed by atoms with van der Waals surface area (Å²) in [5, 5.41) is 15.5. The molecule has 0 bridgehead atoms. The number of carbonyl (C=O) groups excluding carboxylic acids is 1. The molecule has 1 N–H and O–H groups in total. The Kier molecular flexibility index (Phi) is 4.66. The van der Waals surface area contributed by atoms with E-state index in [9.17, 15) is 14.7 Å². The molecule has 1 amide bonds. The lowest BCUT2D eigenvalue weighted by atomic mass is 9.93. The number of likely N-dealkylation sites (tertiary alicyclic amines) is 1. The van der Waals surface area contributed by atoms with Crippen molar-refractivity contribution in [2.24, 2.45) is 5.92 Å². The van der Waals surface area contributed by atoms with Gasteiger partial charge in [0.2, 0.25) is 5.91 Å². The minimum absolute atomic E-state index is 0.0585. The van der Waals surface area contributed by atoms with Gasteiger partial charge in [-0.05, 0) is 32.8 Å². The summed E-state index contributed by atoms with van der Waals surface area (Å²) in [5.74, 6) is -0.0182. The third-order valence-electron chi connectivity index (χ3n) is 4.83. The third-order valence-corrected chi connectivity index (χ3v) is 4.83. The molecular formula is C18H23N3O3. The molecule has 1 fully saturated rings. The lowest BCUT2D eigenvalue weighted by molar-refractivity contribution is -0.134. The number of amides is 1.